The fraction of sp³-hybridized carbons (Fsp3) is 0.286. The van der Waals surface area contributed by atoms with E-state index in [0.717, 1.165) is 33.3 Å². The minimum Gasteiger partial charge on any atom is -0.346 e. The highest BCUT2D eigenvalue weighted by molar-refractivity contribution is 7.98. The average molecular weight is 454 g/mol. The molecule has 4 aromatic rings. The number of benzene rings is 1. The first-order valence-electron chi connectivity index (χ1n) is 9.71. The molecule has 0 radical (unpaired) electrons. The maximum Gasteiger partial charge on any atom is 0.282 e. The van der Waals surface area contributed by atoms with Crippen molar-refractivity contribution in [2.45, 2.75) is 43.5 Å². The molecule has 3 aromatic heterocycles. The fourth-order valence-corrected chi connectivity index (χ4v) is 6.57. The molecule has 152 valence electrons. The summed E-state index contributed by atoms with van der Waals surface area (Å²) in [6, 6.07) is 8.10. The van der Waals surface area contributed by atoms with E-state index in [1.807, 2.05) is 31.2 Å². The molecular weight excluding hydrogens is 434 g/mol. The van der Waals surface area contributed by atoms with E-state index in [-0.39, 0.29) is 5.91 Å². The van der Waals surface area contributed by atoms with Crippen LogP contribution in [0.5, 0.6) is 0 Å². The summed E-state index contributed by atoms with van der Waals surface area (Å²) in [5, 5.41) is 14.6. The van der Waals surface area contributed by atoms with Crippen molar-refractivity contribution in [2.24, 2.45) is 0 Å². The van der Waals surface area contributed by atoms with Gasteiger partial charge >= 0.3 is 0 Å². The number of aryl methyl sites for hydroxylation is 3. The topological polar surface area (TPSA) is 80.7 Å². The number of thiophene rings is 1. The lowest BCUT2D eigenvalue weighted by molar-refractivity contribution is 0.0950. The first-order chi connectivity index (χ1) is 14.7. The van der Waals surface area contributed by atoms with Crippen LogP contribution in [-0.4, -0.2) is 26.1 Å². The Morgan fingerprint density at radius 3 is 2.87 bits per heavy atom. The quantitative estimate of drug-likeness (QED) is 0.340. The Labute approximate surface area is 186 Å². The molecule has 1 amide bonds. The Bertz CT molecular complexity index is 1220. The van der Waals surface area contributed by atoms with Gasteiger partial charge in [0.2, 0.25) is 5.01 Å². The Morgan fingerprint density at radius 2 is 2.00 bits per heavy atom. The molecular formula is C21H19N5OS3. The van der Waals surface area contributed by atoms with E-state index >= 15 is 0 Å². The smallest absolute Gasteiger partial charge is 0.282 e. The summed E-state index contributed by atoms with van der Waals surface area (Å²) in [4.78, 5) is 23.9. The van der Waals surface area contributed by atoms with E-state index in [9.17, 15) is 4.79 Å². The third kappa shape index (κ3) is 3.97. The summed E-state index contributed by atoms with van der Waals surface area (Å²) in [6.07, 6.45) is 5.12. The molecule has 5 rings (SSSR count). The van der Waals surface area contributed by atoms with Gasteiger partial charge in [0, 0.05) is 16.8 Å². The molecule has 6 nitrogen and oxygen atoms in total. The van der Waals surface area contributed by atoms with Crippen molar-refractivity contribution >= 4 is 50.6 Å². The van der Waals surface area contributed by atoms with Crippen LogP contribution in [0, 0.1) is 6.92 Å². The lowest BCUT2D eigenvalue weighted by Crippen LogP contribution is -2.22. The van der Waals surface area contributed by atoms with Gasteiger partial charge in [-0.3, -0.25) is 4.79 Å². The standard InChI is InChI=1S/C21H19N5OS3/c1-12-5-7-13(8-6-12)9-22-18(27)21-26-25-16(30-21)10-28-19-17-14-3-2-4-15(14)29-20(17)24-11-23-19/h5-8,11H,2-4,9-10H2,1H3,(H,22,27). The summed E-state index contributed by atoms with van der Waals surface area (Å²) >= 11 is 4.77. The van der Waals surface area contributed by atoms with Gasteiger partial charge in [-0.2, -0.15) is 0 Å². The Kier molecular flexibility index (Phi) is 5.49. The van der Waals surface area contributed by atoms with Crippen LogP contribution in [0.3, 0.4) is 0 Å². The van der Waals surface area contributed by atoms with Gasteiger partial charge in [-0.1, -0.05) is 52.9 Å². The van der Waals surface area contributed by atoms with E-state index in [2.05, 4.69) is 25.5 Å². The summed E-state index contributed by atoms with van der Waals surface area (Å²) < 4.78 is 0. The second-order valence-corrected chi connectivity index (χ2v) is 10.3. The van der Waals surface area contributed by atoms with Crippen LogP contribution in [0.25, 0.3) is 10.2 Å². The predicted molar refractivity (Wildman–Crippen MR) is 121 cm³/mol. The molecule has 1 aliphatic rings. The van der Waals surface area contributed by atoms with Crippen molar-refractivity contribution in [3.63, 3.8) is 0 Å². The van der Waals surface area contributed by atoms with Crippen LogP contribution in [-0.2, 0) is 25.1 Å². The molecule has 0 saturated carbocycles. The Morgan fingerprint density at radius 1 is 1.13 bits per heavy atom. The fourth-order valence-electron chi connectivity index (χ4n) is 3.51. The summed E-state index contributed by atoms with van der Waals surface area (Å²) in [7, 11) is 0. The summed E-state index contributed by atoms with van der Waals surface area (Å²) in [6.45, 7) is 2.52. The number of hydrogen-bond donors (Lipinski definition) is 1. The monoisotopic (exact) mass is 453 g/mol. The molecule has 30 heavy (non-hydrogen) atoms. The zero-order chi connectivity index (χ0) is 20.5. The van der Waals surface area contributed by atoms with Crippen molar-refractivity contribution in [2.75, 3.05) is 0 Å². The SMILES string of the molecule is Cc1ccc(CNC(=O)c2nnc(CSc3ncnc4sc5c(c34)CCC5)s2)cc1. The van der Waals surface area contributed by atoms with Gasteiger partial charge in [-0.25, -0.2) is 9.97 Å². The molecule has 0 unspecified atom stereocenters. The van der Waals surface area contributed by atoms with Gasteiger partial charge in [0.15, 0.2) is 0 Å². The van der Waals surface area contributed by atoms with E-state index in [0.29, 0.717) is 17.3 Å². The first-order valence-corrected chi connectivity index (χ1v) is 12.3. The molecule has 0 aliphatic heterocycles. The van der Waals surface area contributed by atoms with Crippen LogP contribution in [0.4, 0.5) is 0 Å². The molecule has 1 N–H and O–H groups in total. The second kappa shape index (κ2) is 8.41. The maximum absolute atomic E-state index is 12.4. The normalized spacial score (nSPS) is 13.0. The van der Waals surface area contributed by atoms with Gasteiger partial charge in [-0.05, 0) is 37.3 Å². The zero-order valence-corrected chi connectivity index (χ0v) is 18.8. The molecule has 0 bridgehead atoms. The van der Waals surface area contributed by atoms with E-state index in [4.69, 9.17) is 0 Å². The highest BCUT2D eigenvalue weighted by atomic mass is 32.2. The molecule has 0 atom stereocenters. The molecule has 3 heterocycles. The number of hydrogen-bond acceptors (Lipinski definition) is 8. The first kappa shape index (κ1) is 19.6. The van der Waals surface area contributed by atoms with Gasteiger partial charge in [0.05, 0.1) is 5.75 Å². The van der Waals surface area contributed by atoms with Crippen molar-refractivity contribution in [3.8, 4) is 0 Å². The lowest BCUT2D eigenvalue weighted by atomic mass is 10.1. The molecule has 1 aromatic carbocycles. The van der Waals surface area contributed by atoms with Crippen LogP contribution in [0.1, 0.15) is 42.8 Å². The third-order valence-electron chi connectivity index (χ3n) is 5.03. The van der Waals surface area contributed by atoms with E-state index in [1.54, 1.807) is 29.4 Å². The number of rotatable bonds is 6. The van der Waals surface area contributed by atoms with Crippen molar-refractivity contribution in [3.05, 3.63) is 62.2 Å². The molecule has 0 saturated heterocycles. The minimum absolute atomic E-state index is 0.190. The summed E-state index contributed by atoms with van der Waals surface area (Å²) in [5.74, 6) is 0.448. The second-order valence-electron chi connectivity index (χ2n) is 7.17. The molecule has 9 heteroatoms. The van der Waals surface area contributed by atoms with Gasteiger partial charge < -0.3 is 5.32 Å². The van der Waals surface area contributed by atoms with Crippen molar-refractivity contribution in [1.82, 2.24) is 25.5 Å². The zero-order valence-electron chi connectivity index (χ0n) is 16.3. The van der Waals surface area contributed by atoms with E-state index in [1.165, 1.54) is 39.1 Å². The average Bonchev–Trinajstić information content (AvgIpc) is 3.47. The van der Waals surface area contributed by atoms with Crippen LogP contribution < -0.4 is 5.32 Å². The lowest BCUT2D eigenvalue weighted by Gasteiger charge is -2.03. The third-order valence-corrected chi connectivity index (χ3v) is 8.34. The number of amides is 1. The van der Waals surface area contributed by atoms with Crippen LogP contribution in [0.15, 0.2) is 35.6 Å². The molecule has 0 spiro atoms. The van der Waals surface area contributed by atoms with Crippen LogP contribution >= 0.6 is 34.4 Å². The molecule has 1 aliphatic carbocycles. The maximum atomic E-state index is 12.4. The number of thioether (sulfide) groups is 1. The number of aromatic nitrogens is 4. The van der Waals surface area contributed by atoms with Gasteiger partial charge in [0.1, 0.15) is 21.2 Å². The number of carbonyl (C=O) groups excluding carboxylic acids is 1. The highest BCUT2D eigenvalue weighted by Gasteiger charge is 2.21. The highest BCUT2D eigenvalue weighted by Crippen LogP contribution is 2.40. The predicted octanol–water partition coefficient (Wildman–Crippen LogP) is 4.56. The number of nitrogens with one attached hydrogen (secondary N) is 1. The number of nitrogens with zero attached hydrogens (tertiary/aromatic N) is 4. The minimum atomic E-state index is -0.190. The summed E-state index contributed by atoms with van der Waals surface area (Å²) in [5.41, 5.74) is 3.68. The Balaban J connectivity index is 1.24. The van der Waals surface area contributed by atoms with E-state index < -0.39 is 0 Å². The van der Waals surface area contributed by atoms with Crippen molar-refractivity contribution < 1.29 is 4.79 Å². The van der Waals surface area contributed by atoms with Gasteiger partial charge in [0.25, 0.3) is 5.91 Å². The van der Waals surface area contributed by atoms with Crippen molar-refractivity contribution in [1.29, 1.82) is 0 Å². The van der Waals surface area contributed by atoms with Gasteiger partial charge in [-0.15, -0.1) is 21.5 Å². The number of carbonyl (C=O) groups is 1. The molecule has 0 fully saturated rings. The van der Waals surface area contributed by atoms with Crippen LogP contribution in [0.2, 0.25) is 0 Å². The number of fused-ring (bicyclic) bond motifs is 3. The largest absolute Gasteiger partial charge is 0.346 e. The Hall–Kier alpha value is -2.36.